The van der Waals surface area contributed by atoms with Gasteiger partial charge < -0.3 is 10.6 Å². The summed E-state index contributed by atoms with van der Waals surface area (Å²) >= 11 is 0. The van der Waals surface area contributed by atoms with Crippen LogP contribution in [0.1, 0.15) is 36.8 Å². The van der Waals surface area contributed by atoms with Crippen molar-refractivity contribution in [2.24, 2.45) is 5.41 Å². The largest absolute Gasteiger partial charge is 0.325 e. The highest BCUT2D eigenvalue weighted by molar-refractivity contribution is 6.04. The van der Waals surface area contributed by atoms with E-state index in [1.54, 1.807) is 54.7 Å². The highest BCUT2D eigenvalue weighted by Gasteiger charge is 2.21. The molecule has 0 atom stereocenters. The van der Waals surface area contributed by atoms with Crippen LogP contribution in [0.5, 0.6) is 0 Å². The summed E-state index contributed by atoms with van der Waals surface area (Å²) in [5, 5.41) is 5.88. The molecule has 4 aromatic rings. The SMILES string of the molecule is CC(C)(C)C(=O)Cc1cccc(Nc2cc(C(=O)Nc3cncc(-c4ccccc4F)c3)ccn2)n1. The first-order valence-electron chi connectivity index (χ1n) is 11.4. The molecule has 8 heteroatoms. The highest BCUT2D eigenvalue weighted by atomic mass is 19.1. The quantitative estimate of drug-likeness (QED) is 0.343. The van der Waals surface area contributed by atoms with Crippen molar-refractivity contribution in [1.29, 1.82) is 0 Å². The van der Waals surface area contributed by atoms with E-state index in [1.165, 1.54) is 18.5 Å². The summed E-state index contributed by atoms with van der Waals surface area (Å²) in [6, 6.07) is 16.6. The maximum Gasteiger partial charge on any atom is 0.255 e. The van der Waals surface area contributed by atoms with Gasteiger partial charge in [0.1, 0.15) is 23.2 Å². The Bertz CT molecular complexity index is 1410. The molecule has 0 aliphatic carbocycles. The number of nitrogens with one attached hydrogen (secondary N) is 2. The van der Waals surface area contributed by atoms with Gasteiger partial charge in [-0.2, -0.15) is 0 Å². The predicted molar refractivity (Wildman–Crippen MR) is 138 cm³/mol. The maximum absolute atomic E-state index is 14.1. The lowest BCUT2D eigenvalue weighted by Gasteiger charge is -2.16. The minimum Gasteiger partial charge on any atom is -0.325 e. The predicted octanol–water partition coefficient (Wildman–Crippen LogP) is 5.83. The lowest BCUT2D eigenvalue weighted by Crippen LogP contribution is -2.22. The van der Waals surface area contributed by atoms with Crippen LogP contribution in [0.2, 0.25) is 0 Å². The number of benzene rings is 1. The van der Waals surface area contributed by atoms with Gasteiger partial charge in [0.15, 0.2) is 0 Å². The number of hydrogen-bond acceptors (Lipinski definition) is 6. The Labute approximate surface area is 208 Å². The Hall–Kier alpha value is -4.46. The molecule has 0 saturated heterocycles. The summed E-state index contributed by atoms with van der Waals surface area (Å²) in [6.45, 7) is 5.64. The molecule has 0 unspecified atom stereocenters. The molecule has 2 N–H and O–H groups in total. The lowest BCUT2D eigenvalue weighted by atomic mass is 9.88. The summed E-state index contributed by atoms with van der Waals surface area (Å²) in [6.07, 6.45) is 4.78. The number of anilines is 3. The zero-order chi connectivity index (χ0) is 25.7. The van der Waals surface area contributed by atoms with Crippen molar-refractivity contribution < 1.29 is 14.0 Å². The van der Waals surface area contributed by atoms with Crippen molar-refractivity contribution in [2.45, 2.75) is 27.2 Å². The molecule has 36 heavy (non-hydrogen) atoms. The number of halogens is 1. The molecule has 0 fully saturated rings. The van der Waals surface area contributed by atoms with E-state index in [2.05, 4.69) is 25.6 Å². The third-order valence-electron chi connectivity index (χ3n) is 5.44. The van der Waals surface area contributed by atoms with Crippen LogP contribution >= 0.6 is 0 Å². The number of carbonyl (C=O) groups excluding carboxylic acids is 2. The van der Waals surface area contributed by atoms with E-state index in [1.807, 2.05) is 26.8 Å². The van der Waals surface area contributed by atoms with Gasteiger partial charge in [0.25, 0.3) is 5.91 Å². The number of nitrogens with zero attached hydrogens (tertiary/aromatic N) is 3. The number of amides is 1. The standard InChI is InChI=1S/C28H26FN5O2/c1-28(2,3)24(35)15-20-7-6-10-25(32-20)34-26-14-18(11-12-31-26)27(36)33-21-13-19(16-30-17-21)22-8-4-5-9-23(22)29/h4-14,16-17H,15H2,1-3H3,(H,33,36)(H,31,32,34). The van der Waals surface area contributed by atoms with Crippen molar-refractivity contribution in [3.63, 3.8) is 0 Å². The number of ketones is 1. The molecule has 0 spiro atoms. The van der Waals surface area contributed by atoms with Crippen LogP contribution in [-0.2, 0) is 11.2 Å². The van der Waals surface area contributed by atoms with Gasteiger partial charge in [-0.15, -0.1) is 0 Å². The van der Waals surface area contributed by atoms with E-state index in [0.717, 1.165) is 0 Å². The van der Waals surface area contributed by atoms with E-state index in [4.69, 9.17) is 0 Å². The van der Waals surface area contributed by atoms with Crippen LogP contribution in [-0.4, -0.2) is 26.6 Å². The molecular formula is C28H26FN5O2. The van der Waals surface area contributed by atoms with Gasteiger partial charge in [-0.3, -0.25) is 14.6 Å². The van der Waals surface area contributed by atoms with Gasteiger partial charge in [0, 0.05) is 40.9 Å². The molecule has 1 amide bonds. The van der Waals surface area contributed by atoms with Crippen LogP contribution in [0.25, 0.3) is 11.1 Å². The molecule has 7 nitrogen and oxygen atoms in total. The van der Waals surface area contributed by atoms with Crippen LogP contribution in [0.3, 0.4) is 0 Å². The molecule has 3 heterocycles. The molecule has 0 bridgehead atoms. The molecule has 182 valence electrons. The summed E-state index contributed by atoms with van der Waals surface area (Å²) in [7, 11) is 0. The van der Waals surface area contributed by atoms with E-state index < -0.39 is 5.41 Å². The second-order valence-corrected chi connectivity index (χ2v) is 9.32. The number of pyridine rings is 3. The summed E-state index contributed by atoms with van der Waals surface area (Å²) in [5.74, 6) is 0.296. The van der Waals surface area contributed by atoms with E-state index >= 15 is 0 Å². The Morgan fingerprint density at radius 3 is 2.53 bits per heavy atom. The Morgan fingerprint density at radius 1 is 0.944 bits per heavy atom. The molecule has 1 aromatic carbocycles. The van der Waals surface area contributed by atoms with Crippen molar-refractivity contribution in [3.05, 3.63) is 96.3 Å². The van der Waals surface area contributed by atoms with Gasteiger partial charge in [0.05, 0.1) is 17.6 Å². The van der Waals surface area contributed by atoms with Gasteiger partial charge in [-0.25, -0.2) is 14.4 Å². The maximum atomic E-state index is 14.1. The van der Waals surface area contributed by atoms with Crippen molar-refractivity contribution in [2.75, 3.05) is 10.6 Å². The minimum atomic E-state index is -0.446. The average Bonchev–Trinajstić information content (AvgIpc) is 2.84. The summed E-state index contributed by atoms with van der Waals surface area (Å²) in [5.41, 5.74) is 1.96. The minimum absolute atomic E-state index is 0.0949. The normalized spacial score (nSPS) is 11.1. The second kappa shape index (κ2) is 10.4. The smallest absolute Gasteiger partial charge is 0.255 e. The molecule has 3 aromatic heterocycles. The third kappa shape index (κ3) is 6.15. The van der Waals surface area contributed by atoms with E-state index in [9.17, 15) is 14.0 Å². The number of hydrogen-bond donors (Lipinski definition) is 2. The van der Waals surface area contributed by atoms with E-state index in [-0.39, 0.29) is 23.9 Å². The second-order valence-electron chi connectivity index (χ2n) is 9.32. The average molecular weight is 484 g/mol. The number of Topliss-reactive ketones (excluding diaryl/α,β-unsaturated/α-hetero) is 1. The van der Waals surface area contributed by atoms with Gasteiger partial charge in [-0.1, -0.05) is 45.0 Å². The van der Waals surface area contributed by atoms with E-state index in [0.29, 0.717) is 39.7 Å². The zero-order valence-electron chi connectivity index (χ0n) is 20.2. The van der Waals surface area contributed by atoms with Crippen LogP contribution in [0, 0.1) is 11.2 Å². The Morgan fingerprint density at radius 2 is 1.75 bits per heavy atom. The third-order valence-corrected chi connectivity index (χ3v) is 5.44. The molecule has 4 rings (SSSR count). The molecular weight excluding hydrogens is 457 g/mol. The first-order chi connectivity index (χ1) is 17.2. The molecule has 0 aliphatic heterocycles. The Kier molecular flexibility index (Phi) is 7.15. The lowest BCUT2D eigenvalue weighted by molar-refractivity contribution is -0.125. The van der Waals surface area contributed by atoms with Gasteiger partial charge >= 0.3 is 0 Å². The first kappa shape index (κ1) is 24.7. The zero-order valence-corrected chi connectivity index (χ0v) is 20.2. The Balaban J connectivity index is 1.47. The van der Waals surface area contributed by atoms with Crippen molar-refractivity contribution in [1.82, 2.24) is 15.0 Å². The topological polar surface area (TPSA) is 96.9 Å². The number of rotatable bonds is 7. The van der Waals surface area contributed by atoms with Crippen molar-refractivity contribution in [3.8, 4) is 11.1 Å². The van der Waals surface area contributed by atoms with Gasteiger partial charge in [0.2, 0.25) is 0 Å². The molecule has 0 aliphatic rings. The highest BCUT2D eigenvalue weighted by Crippen LogP contribution is 2.24. The number of aromatic nitrogens is 3. The fourth-order valence-electron chi connectivity index (χ4n) is 3.40. The summed E-state index contributed by atoms with van der Waals surface area (Å²) in [4.78, 5) is 38.1. The number of carbonyl (C=O) groups is 2. The van der Waals surface area contributed by atoms with Crippen molar-refractivity contribution >= 4 is 29.0 Å². The van der Waals surface area contributed by atoms with Crippen LogP contribution < -0.4 is 10.6 Å². The summed E-state index contributed by atoms with van der Waals surface area (Å²) < 4.78 is 14.1. The van der Waals surface area contributed by atoms with Gasteiger partial charge in [-0.05, 0) is 36.4 Å². The van der Waals surface area contributed by atoms with Crippen LogP contribution in [0.4, 0.5) is 21.7 Å². The van der Waals surface area contributed by atoms with Crippen LogP contribution in [0.15, 0.2) is 79.3 Å². The fourth-order valence-corrected chi connectivity index (χ4v) is 3.40. The molecule has 0 radical (unpaired) electrons. The fraction of sp³-hybridized carbons (Fsp3) is 0.179. The monoisotopic (exact) mass is 483 g/mol. The molecule has 0 saturated carbocycles. The first-order valence-corrected chi connectivity index (χ1v) is 11.4.